The number of nitrogens with two attached hydrogens (primary N) is 1. The number of aromatic nitrogens is 2. The predicted octanol–water partition coefficient (Wildman–Crippen LogP) is 3.45. The molecule has 1 heterocycles. The Hall–Kier alpha value is -3.16. The molecule has 3 aromatic rings. The van der Waals surface area contributed by atoms with Crippen LogP contribution >= 0.6 is 0 Å². The summed E-state index contributed by atoms with van der Waals surface area (Å²) in [6, 6.07) is 11.3. The number of halogens is 3. The molecule has 0 aliphatic rings. The third-order valence-corrected chi connectivity index (χ3v) is 3.54. The van der Waals surface area contributed by atoms with Crippen LogP contribution in [0.5, 0.6) is 0 Å². The van der Waals surface area contributed by atoms with Crippen molar-refractivity contribution in [2.75, 3.05) is 0 Å². The molecule has 0 spiro atoms. The zero-order chi connectivity index (χ0) is 18.0. The fourth-order valence-corrected chi connectivity index (χ4v) is 2.36. The number of benzene rings is 2. The van der Waals surface area contributed by atoms with Gasteiger partial charge in [0.25, 0.3) is 0 Å². The fourth-order valence-electron chi connectivity index (χ4n) is 2.36. The van der Waals surface area contributed by atoms with Crippen LogP contribution in [0.15, 0.2) is 53.1 Å². The quantitative estimate of drug-likeness (QED) is 0.784. The summed E-state index contributed by atoms with van der Waals surface area (Å²) in [6.45, 7) is 0. The molecule has 1 amide bonds. The van der Waals surface area contributed by atoms with Gasteiger partial charge in [-0.1, -0.05) is 35.5 Å². The monoisotopic (exact) mass is 347 g/mol. The van der Waals surface area contributed by atoms with Gasteiger partial charge >= 0.3 is 6.18 Å². The fraction of sp³-hybridized carbons (Fsp3) is 0.118. The van der Waals surface area contributed by atoms with E-state index in [-0.39, 0.29) is 23.7 Å². The molecule has 0 saturated carbocycles. The van der Waals surface area contributed by atoms with Crippen molar-refractivity contribution in [2.45, 2.75) is 12.6 Å². The maximum absolute atomic E-state index is 12.8. The minimum absolute atomic E-state index is 0.0395. The predicted molar refractivity (Wildman–Crippen MR) is 82.5 cm³/mol. The van der Waals surface area contributed by atoms with Gasteiger partial charge in [0.1, 0.15) is 0 Å². The molecule has 0 bridgehead atoms. The van der Waals surface area contributed by atoms with Crippen LogP contribution in [0.4, 0.5) is 13.2 Å². The number of carbonyl (C=O) groups is 1. The van der Waals surface area contributed by atoms with Crippen LogP contribution in [0.25, 0.3) is 11.4 Å². The van der Waals surface area contributed by atoms with Crippen LogP contribution in [-0.2, 0) is 12.6 Å². The summed E-state index contributed by atoms with van der Waals surface area (Å²) in [6.07, 6.45) is -4.31. The summed E-state index contributed by atoms with van der Waals surface area (Å²) in [5, 5.41) is 3.71. The average molecular weight is 347 g/mol. The van der Waals surface area contributed by atoms with Gasteiger partial charge in [-0.25, -0.2) is 0 Å². The Morgan fingerprint density at radius 1 is 1.12 bits per heavy atom. The first-order chi connectivity index (χ1) is 11.8. The van der Waals surface area contributed by atoms with Gasteiger partial charge in [-0.2, -0.15) is 18.2 Å². The topological polar surface area (TPSA) is 82.0 Å². The molecule has 128 valence electrons. The van der Waals surface area contributed by atoms with Crippen LogP contribution in [0, 0.1) is 0 Å². The third-order valence-electron chi connectivity index (χ3n) is 3.54. The highest BCUT2D eigenvalue weighted by molar-refractivity contribution is 5.94. The Bertz CT molecular complexity index is 919. The molecule has 25 heavy (non-hydrogen) atoms. The maximum Gasteiger partial charge on any atom is 0.416 e. The van der Waals surface area contributed by atoms with Crippen LogP contribution < -0.4 is 5.73 Å². The molecule has 8 heteroatoms. The molecule has 2 N–H and O–H groups in total. The standard InChI is InChI=1S/C17H12F3N3O2/c18-17(19,20)12-6-3-5-11(8-12)16-22-14(25-23-16)9-10-4-1-2-7-13(10)15(21)24/h1-8H,9H2,(H2,21,24). The van der Waals surface area contributed by atoms with Crippen LogP contribution in [0.1, 0.15) is 27.4 Å². The van der Waals surface area contributed by atoms with Crippen molar-refractivity contribution in [3.05, 3.63) is 71.1 Å². The number of carbonyl (C=O) groups excluding carboxylic acids is 1. The van der Waals surface area contributed by atoms with E-state index in [1.165, 1.54) is 12.1 Å². The maximum atomic E-state index is 12.8. The zero-order valence-electron chi connectivity index (χ0n) is 12.7. The van der Waals surface area contributed by atoms with Gasteiger partial charge in [-0.3, -0.25) is 4.79 Å². The van der Waals surface area contributed by atoms with Crippen molar-refractivity contribution in [3.8, 4) is 11.4 Å². The molecule has 2 aromatic carbocycles. The van der Waals surface area contributed by atoms with Crippen molar-refractivity contribution >= 4 is 5.91 Å². The van der Waals surface area contributed by atoms with E-state index in [1.54, 1.807) is 24.3 Å². The van der Waals surface area contributed by atoms with Crippen molar-refractivity contribution in [3.63, 3.8) is 0 Å². The van der Waals surface area contributed by atoms with E-state index in [9.17, 15) is 18.0 Å². The number of alkyl halides is 3. The summed E-state index contributed by atoms with van der Waals surface area (Å²) in [5.74, 6) is -0.382. The molecule has 0 aliphatic heterocycles. The second kappa shape index (κ2) is 6.39. The Labute approximate surface area is 140 Å². The van der Waals surface area contributed by atoms with E-state index in [4.69, 9.17) is 10.3 Å². The lowest BCUT2D eigenvalue weighted by atomic mass is 10.0. The normalized spacial score (nSPS) is 11.5. The molecule has 0 atom stereocenters. The van der Waals surface area contributed by atoms with Gasteiger partial charge in [-0.05, 0) is 23.8 Å². The second-order valence-corrected chi connectivity index (χ2v) is 5.29. The first-order valence-corrected chi connectivity index (χ1v) is 7.22. The number of rotatable bonds is 4. The summed E-state index contributed by atoms with van der Waals surface area (Å²) in [4.78, 5) is 15.5. The lowest BCUT2D eigenvalue weighted by Crippen LogP contribution is -2.13. The molecule has 0 unspecified atom stereocenters. The van der Waals surface area contributed by atoms with E-state index in [0.29, 0.717) is 11.1 Å². The number of primary amides is 1. The summed E-state index contributed by atoms with van der Waals surface area (Å²) in [7, 11) is 0. The van der Waals surface area contributed by atoms with Crippen LogP contribution in [0.3, 0.4) is 0 Å². The summed E-state index contributed by atoms with van der Waals surface area (Å²) in [5.41, 5.74) is 5.61. The lowest BCUT2D eigenvalue weighted by molar-refractivity contribution is -0.137. The first-order valence-electron chi connectivity index (χ1n) is 7.22. The van der Waals surface area contributed by atoms with E-state index in [0.717, 1.165) is 12.1 Å². The highest BCUT2D eigenvalue weighted by Crippen LogP contribution is 2.31. The minimum Gasteiger partial charge on any atom is -0.366 e. The molecule has 5 nitrogen and oxygen atoms in total. The number of nitrogens with zero attached hydrogens (tertiary/aromatic N) is 2. The van der Waals surface area contributed by atoms with Gasteiger partial charge in [0.15, 0.2) is 0 Å². The second-order valence-electron chi connectivity index (χ2n) is 5.29. The Morgan fingerprint density at radius 3 is 2.60 bits per heavy atom. The largest absolute Gasteiger partial charge is 0.416 e. The summed E-state index contributed by atoms with van der Waals surface area (Å²) >= 11 is 0. The van der Waals surface area contributed by atoms with Crippen molar-refractivity contribution in [2.24, 2.45) is 5.73 Å². The van der Waals surface area contributed by atoms with Gasteiger partial charge in [0.2, 0.25) is 17.6 Å². The number of amides is 1. The highest BCUT2D eigenvalue weighted by Gasteiger charge is 2.30. The van der Waals surface area contributed by atoms with Crippen molar-refractivity contribution in [1.29, 1.82) is 0 Å². The Balaban J connectivity index is 1.88. The molecule has 0 aliphatic carbocycles. The van der Waals surface area contributed by atoms with E-state index < -0.39 is 17.6 Å². The molecular formula is C17H12F3N3O2. The van der Waals surface area contributed by atoms with Crippen LogP contribution in [0.2, 0.25) is 0 Å². The van der Waals surface area contributed by atoms with Crippen LogP contribution in [-0.4, -0.2) is 16.0 Å². The Kier molecular flexibility index (Phi) is 4.26. The van der Waals surface area contributed by atoms with E-state index >= 15 is 0 Å². The van der Waals surface area contributed by atoms with Gasteiger partial charge in [-0.15, -0.1) is 0 Å². The smallest absolute Gasteiger partial charge is 0.366 e. The lowest BCUT2D eigenvalue weighted by Gasteiger charge is -2.06. The van der Waals surface area contributed by atoms with Gasteiger partial charge < -0.3 is 10.3 Å². The number of hydrogen-bond donors (Lipinski definition) is 1. The van der Waals surface area contributed by atoms with Crippen molar-refractivity contribution < 1.29 is 22.5 Å². The summed E-state index contributed by atoms with van der Waals surface area (Å²) < 4.78 is 43.5. The zero-order valence-corrected chi connectivity index (χ0v) is 12.7. The molecule has 0 fully saturated rings. The van der Waals surface area contributed by atoms with Gasteiger partial charge in [0.05, 0.1) is 12.0 Å². The average Bonchev–Trinajstić information content (AvgIpc) is 3.03. The van der Waals surface area contributed by atoms with E-state index in [1.807, 2.05) is 0 Å². The van der Waals surface area contributed by atoms with Crippen molar-refractivity contribution in [1.82, 2.24) is 10.1 Å². The van der Waals surface area contributed by atoms with Gasteiger partial charge in [0, 0.05) is 11.1 Å². The Morgan fingerprint density at radius 2 is 1.88 bits per heavy atom. The molecule has 0 saturated heterocycles. The molecule has 0 radical (unpaired) electrons. The first kappa shape index (κ1) is 16.7. The minimum atomic E-state index is -4.46. The molecule has 3 rings (SSSR count). The number of hydrogen-bond acceptors (Lipinski definition) is 4. The molecular weight excluding hydrogens is 335 g/mol. The third kappa shape index (κ3) is 3.68. The molecule has 1 aromatic heterocycles. The SMILES string of the molecule is NC(=O)c1ccccc1Cc1nc(-c2cccc(C(F)(F)F)c2)no1. The van der Waals surface area contributed by atoms with E-state index in [2.05, 4.69) is 10.1 Å². The highest BCUT2D eigenvalue weighted by atomic mass is 19.4.